The van der Waals surface area contributed by atoms with E-state index in [0.717, 1.165) is 31.0 Å². The monoisotopic (exact) mass is 663 g/mol. The van der Waals surface area contributed by atoms with Crippen LogP contribution in [0.4, 0.5) is 11.4 Å². The topological polar surface area (TPSA) is 193 Å². The summed E-state index contributed by atoms with van der Waals surface area (Å²) in [6.07, 6.45) is 4.25. The van der Waals surface area contributed by atoms with Crippen molar-refractivity contribution < 1.29 is 78.6 Å². The Labute approximate surface area is 229 Å². The van der Waals surface area contributed by atoms with E-state index in [1.807, 2.05) is 0 Å². The molecule has 0 saturated heterocycles. The van der Waals surface area contributed by atoms with Crippen molar-refractivity contribution in [3.05, 3.63) is 59.0 Å². The van der Waals surface area contributed by atoms with E-state index in [1.54, 1.807) is 0 Å². The first-order valence-corrected chi connectivity index (χ1v) is 10.8. The summed E-state index contributed by atoms with van der Waals surface area (Å²) in [6.45, 7) is 1.43. The van der Waals surface area contributed by atoms with Gasteiger partial charge in [-0.2, -0.15) is 22.3 Å². The molecule has 0 aliphatic heterocycles. The third kappa shape index (κ3) is 9.92. The van der Waals surface area contributed by atoms with Gasteiger partial charge in [-0.15, -0.1) is 0 Å². The molecule has 2 N–H and O–H groups in total. The predicted molar refractivity (Wildman–Crippen MR) is 108 cm³/mol. The fourth-order valence-corrected chi connectivity index (χ4v) is 3.36. The molecule has 174 valence electrons. The summed E-state index contributed by atoms with van der Waals surface area (Å²) < 4.78 is 32.4. The number of carbonyl (C=O) groups excluding carboxylic acids is 1. The first-order valence-electron chi connectivity index (χ1n) is 9.42. The molecule has 10 nitrogen and oxygen atoms in total. The van der Waals surface area contributed by atoms with Gasteiger partial charge in [-0.3, -0.25) is 0 Å². The molecule has 1 aliphatic carbocycles. The molecule has 3 rings (SSSR count). The van der Waals surface area contributed by atoms with Gasteiger partial charge in [0.1, 0.15) is 10.1 Å². The average molecular weight is 664 g/mol. The van der Waals surface area contributed by atoms with E-state index in [2.05, 4.69) is 10.2 Å². The summed E-state index contributed by atoms with van der Waals surface area (Å²) in [7, 11) is -4.54. The number of carboxylic acids is 1. The zero-order valence-corrected chi connectivity index (χ0v) is 23.1. The number of carboxylic acid groups (broad SMARTS) is 1. The molecule has 0 bridgehead atoms. The number of azo groups is 1. The number of benzene rings is 2. The minimum atomic E-state index is -4.54. The van der Waals surface area contributed by atoms with Crippen LogP contribution >= 0.6 is 0 Å². The van der Waals surface area contributed by atoms with Gasteiger partial charge in [0, 0.05) is 0 Å². The van der Waals surface area contributed by atoms with E-state index in [4.69, 9.17) is 11.5 Å². The second-order valence-corrected chi connectivity index (χ2v) is 8.45. The second kappa shape index (κ2) is 14.3. The Hall–Kier alpha value is -1.17. The van der Waals surface area contributed by atoms with Crippen molar-refractivity contribution in [2.24, 2.45) is 10.2 Å². The molecule has 1 aliphatic rings. The molecule has 2 aromatic rings. The van der Waals surface area contributed by atoms with Crippen LogP contribution in [-0.4, -0.2) is 31.0 Å². The van der Waals surface area contributed by atoms with Crippen molar-refractivity contribution in [3.63, 3.8) is 0 Å². The zero-order chi connectivity index (χ0) is 23.2. The molecule has 0 spiro atoms. The summed E-state index contributed by atoms with van der Waals surface area (Å²) >= 11 is 0. The van der Waals surface area contributed by atoms with Crippen LogP contribution in [0.25, 0.3) is 11.5 Å². The molecule has 2 unspecified atom stereocenters. The largest absolute Gasteiger partial charge is 4.00 e. The summed E-state index contributed by atoms with van der Waals surface area (Å²) in [5, 5.41) is 30.0. The Morgan fingerprint density at radius 3 is 1.91 bits per heavy atom. The molecule has 1 saturated carbocycles. The molecule has 0 amide bonds. The van der Waals surface area contributed by atoms with E-state index in [9.17, 15) is 28.0 Å². The van der Waals surface area contributed by atoms with Crippen molar-refractivity contribution in [1.29, 1.82) is 0 Å². The molecule has 0 heterocycles. The van der Waals surface area contributed by atoms with Gasteiger partial charge in [-0.05, 0) is 48.9 Å². The van der Waals surface area contributed by atoms with E-state index >= 15 is 0 Å². The summed E-state index contributed by atoms with van der Waals surface area (Å²) in [5.74, 6) is -2.27. The van der Waals surface area contributed by atoms with Crippen LogP contribution in [0, 0.1) is 6.92 Å². The number of carbonyl (C=O) groups is 1. The minimum Gasteiger partial charge on any atom is -0.872 e. The molecular formula is C20H21N4NaO6PtS. The Kier molecular flexibility index (Phi) is 13.8. The Balaban J connectivity index is 0.000000870. The van der Waals surface area contributed by atoms with Crippen LogP contribution in [0.5, 0.6) is 5.75 Å². The molecule has 2 atom stereocenters. The standard InChI is InChI=1S/C14H12N2O6S.C6H12N2.Na.Pt/c1-8-6-10(7-12(13(8)17)14(18)19)16-15-9-2-4-11(5-3-9)23(20,21)22;7-5-3-1-2-4-6(5)8;;/h2-7,17H,1H3,(H,18,19)(H,20,21,22);5-8H,1-4H2;;/q;-2;+1;+4/p-3. The average Bonchev–Trinajstić information content (AvgIpc) is 2.71. The Morgan fingerprint density at radius 2 is 1.48 bits per heavy atom. The van der Waals surface area contributed by atoms with E-state index in [-0.39, 0.29) is 79.6 Å². The molecule has 33 heavy (non-hydrogen) atoms. The number of rotatable bonds is 4. The molecular weight excluding hydrogens is 642 g/mol. The second-order valence-electron chi connectivity index (χ2n) is 7.07. The number of nitrogens with one attached hydrogen (secondary N) is 2. The fraction of sp³-hybridized carbons (Fsp3) is 0.350. The molecule has 2 aromatic carbocycles. The van der Waals surface area contributed by atoms with Crippen LogP contribution in [0.15, 0.2) is 51.5 Å². The first-order chi connectivity index (χ1) is 14.5. The predicted octanol–water partition coefficient (Wildman–Crippen LogP) is 0.155. The maximum absolute atomic E-state index is 11.6. The van der Waals surface area contributed by atoms with Crippen LogP contribution in [-0.2, 0) is 31.2 Å². The molecule has 1 fully saturated rings. The first kappa shape index (κ1) is 31.8. The van der Waals surface area contributed by atoms with Gasteiger partial charge >= 0.3 is 50.6 Å². The van der Waals surface area contributed by atoms with Gasteiger partial charge in [-0.1, -0.05) is 37.0 Å². The SMILES string of the molecule is Cc1cc(N=Nc2ccc(S(=O)(=O)[O-])cc2)cc(C(=O)[O-])c1[O-].[NH-]C1CCCCC1[NH-].[Na+].[Pt+4]. The molecule has 13 heteroatoms. The number of hydrogen-bond donors (Lipinski definition) is 0. The Morgan fingerprint density at radius 1 is 1.00 bits per heavy atom. The van der Waals surface area contributed by atoms with Crippen molar-refractivity contribution in [3.8, 4) is 5.75 Å². The number of aromatic carboxylic acids is 1. The summed E-state index contributed by atoms with van der Waals surface area (Å²) in [6, 6.07) is 6.92. The Bertz CT molecular complexity index is 1060. The maximum atomic E-state index is 11.6. The zero-order valence-electron chi connectivity index (χ0n) is 18.0. The van der Waals surface area contributed by atoms with E-state index in [0.29, 0.717) is 0 Å². The number of hydrogen-bond acceptors (Lipinski definition) is 8. The summed E-state index contributed by atoms with van der Waals surface area (Å²) in [4.78, 5) is 10.5. The van der Waals surface area contributed by atoms with Gasteiger partial charge in [0.05, 0.1) is 22.2 Å². The minimum absolute atomic E-state index is 0. The van der Waals surface area contributed by atoms with Crippen molar-refractivity contribution >= 4 is 27.5 Å². The van der Waals surface area contributed by atoms with E-state index < -0.39 is 32.3 Å². The number of nitrogens with zero attached hydrogens (tertiary/aromatic N) is 2. The smallest absolute Gasteiger partial charge is 0.872 e. The van der Waals surface area contributed by atoms with Gasteiger partial charge in [0.25, 0.3) is 0 Å². The van der Waals surface area contributed by atoms with Crippen LogP contribution in [0.1, 0.15) is 41.6 Å². The maximum Gasteiger partial charge on any atom is 4.00 e. The molecule has 0 radical (unpaired) electrons. The number of aryl methyl sites for hydroxylation is 1. The van der Waals surface area contributed by atoms with E-state index in [1.165, 1.54) is 38.0 Å². The molecule has 0 aromatic heterocycles. The van der Waals surface area contributed by atoms with Crippen LogP contribution < -0.4 is 39.8 Å². The van der Waals surface area contributed by atoms with Crippen LogP contribution in [0.2, 0.25) is 0 Å². The normalized spacial score (nSPS) is 17.8. The van der Waals surface area contributed by atoms with Gasteiger partial charge < -0.3 is 31.0 Å². The van der Waals surface area contributed by atoms with Gasteiger partial charge in [0.15, 0.2) is 0 Å². The fourth-order valence-electron chi connectivity index (χ4n) is 2.89. The summed E-state index contributed by atoms with van der Waals surface area (Å²) in [5.41, 5.74) is 14.6. The van der Waals surface area contributed by atoms with Crippen LogP contribution in [0.3, 0.4) is 0 Å². The van der Waals surface area contributed by atoms with Crippen molar-refractivity contribution in [2.75, 3.05) is 0 Å². The third-order valence-corrected chi connectivity index (χ3v) is 5.50. The van der Waals surface area contributed by atoms with Gasteiger partial charge in [-0.25, -0.2) is 8.42 Å². The third-order valence-electron chi connectivity index (χ3n) is 4.65. The van der Waals surface area contributed by atoms with Crippen molar-refractivity contribution in [1.82, 2.24) is 0 Å². The van der Waals surface area contributed by atoms with Gasteiger partial charge in [0.2, 0.25) is 0 Å². The quantitative estimate of drug-likeness (QED) is 0.254. The van der Waals surface area contributed by atoms with Crippen molar-refractivity contribution in [2.45, 2.75) is 49.6 Å².